The molecule has 0 fully saturated rings. The van der Waals surface area contributed by atoms with Crippen molar-refractivity contribution in [1.82, 2.24) is 0 Å². The van der Waals surface area contributed by atoms with Crippen LogP contribution in [0.4, 0.5) is 5.69 Å². The van der Waals surface area contributed by atoms with E-state index in [2.05, 4.69) is 0 Å². The van der Waals surface area contributed by atoms with E-state index in [4.69, 9.17) is 9.66 Å². The second-order valence-electron chi connectivity index (χ2n) is 4.33. The van der Waals surface area contributed by atoms with E-state index in [1.54, 1.807) is 12.1 Å². The van der Waals surface area contributed by atoms with Crippen LogP contribution in [0.25, 0.3) is 0 Å². The largest absolute Gasteiger partial charge is 0.480 e. The lowest BCUT2D eigenvalue weighted by Crippen LogP contribution is -2.48. The van der Waals surface area contributed by atoms with E-state index in [0.29, 0.717) is 0 Å². The number of hydrogen-bond donors (Lipinski definition) is 2. The van der Waals surface area contributed by atoms with Crippen LogP contribution in [0.1, 0.15) is 12.5 Å². The number of carbonyl (C=O) groups is 2. The van der Waals surface area contributed by atoms with Crippen LogP contribution >= 0.6 is 0 Å². The zero-order chi connectivity index (χ0) is 15.5. The number of benzene rings is 1. The number of carbonyl (C=O) groups excluding carboxylic acids is 1. The molecule has 0 aromatic heterocycles. The standard InChI is InChI=1S/C12H15NO6S/c1-8-3-5-10(6-4-8)13(9(2)14)11(12(15)16)7-20(17,18)19/h3-6,11H,7H2,1-2H3,(H,15,16)(H,17,18,19)/t11-/m0/s1. The Morgan fingerprint density at radius 1 is 1.25 bits per heavy atom. The maximum absolute atomic E-state index is 11.6. The third-order valence-electron chi connectivity index (χ3n) is 2.62. The number of rotatable bonds is 5. The fourth-order valence-electron chi connectivity index (χ4n) is 1.74. The summed E-state index contributed by atoms with van der Waals surface area (Å²) < 4.78 is 30.7. The Labute approximate surface area is 116 Å². The maximum Gasteiger partial charge on any atom is 0.327 e. The number of hydrogen-bond acceptors (Lipinski definition) is 4. The number of anilines is 1. The molecule has 0 aliphatic rings. The molecule has 0 unspecified atom stereocenters. The van der Waals surface area contributed by atoms with Gasteiger partial charge in [-0.05, 0) is 19.1 Å². The van der Waals surface area contributed by atoms with Gasteiger partial charge < -0.3 is 5.11 Å². The average Bonchev–Trinajstić information content (AvgIpc) is 2.28. The second-order valence-corrected chi connectivity index (χ2v) is 5.82. The van der Waals surface area contributed by atoms with Gasteiger partial charge in [0.05, 0.1) is 0 Å². The van der Waals surface area contributed by atoms with Gasteiger partial charge in [-0.1, -0.05) is 17.7 Å². The molecule has 1 aromatic carbocycles. The predicted octanol–water partition coefficient (Wildman–Crippen LogP) is 0.689. The first-order valence-electron chi connectivity index (χ1n) is 5.66. The van der Waals surface area contributed by atoms with Crippen LogP contribution in [0.2, 0.25) is 0 Å². The SMILES string of the molecule is CC(=O)N(c1ccc(C)cc1)[C@@H](CS(=O)(=O)O)C(=O)O. The Kier molecular flexibility index (Phi) is 4.85. The van der Waals surface area contributed by atoms with E-state index < -0.39 is 33.8 Å². The first-order chi connectivity index (χ1) is 9.11. The number of aryl methyl sites for hydroxylation is 1. The van der Waals surface area contributed by atoms with Crippen LogP contribution in [0.15, 0.2) is 24.3 Å². The highest BCUT2D eigenvalue weighted by molar-refractivity contribution is 7.85. The molecule has 20 heavy (non-hydrogen) atoms. The number of aliphatic carboxylic acids is 1. The molecule has 0 aliphatic carbocycles. The molecular weight excluding hydrogens is 286 g/mol. The topological polar surface area (TPSA) is 112 Å². The Morgan fingerprint density at radius 3 is 2.10 bits per heavy atom. The quantitative estimate of drug-likeness (QED) is 0.774. The number of carboxylic acids is 1. The van der Waals surface area contributed by atoms with Gasteiger partial charge in [-0.25, -0.2) is 4.79 Å². The maximum atomic E-state index is 11.6. The van der Waals surface area contributed by atoms with Gasteiger partial charge >= 0.3 is 5.97 Å². The minimum absolute atomic E-state index is 0.249. The van der Waals surface area contributed by atoms with Crippen molar-refractivity contribution in [2.24, 2.45) is 0 Å². The van der Waals surface area contributed by atoms with Crippen LogP contribution in [0.3, 0.4) is 0 Å². The predicted molar refractivity (Wildman–Crippen MR) is 72.2 cm³/mol. The molecule has 1 amide bonds. The molecule has 2 N–H and O–H groups in total. The van der Waals surface area contributed by atoms with Crippen molar-refractivity contribution >= 4 is 27.7 Å². The Bertz CT molecular complexity index is 607. The molecular formula is C12H15NO6S. The van der Waals surface area contributed by atoms with Crippen molar-refractivity contribution in [2.75, 3.05) is 10.7 Å². The first-order valence-corrected chi connectivity index (χ1v) is 7.27. The Morgan fingerprint density at radius 2 is 1.75 bits per heavy atom. The van der Waals surface area contributed by atoms with Gasteiger partial charge in [-0.3, -0.25) is 14.2 Å². The monoisotopic (exact) mass is 301 g/mol. The number of nitrogens with zero attached hydrogens (tertiary/aromatic N) is 1. The third kappa shape index (κ3) is 4.32. The highest BCUT2D eigenvalue weighted by Gasteiger charge is 2.33. The molecule has 0 saturated carbocycles. The van der Waals surface area contributed by atoms with Crippen molar-refractivity contribution in [2.45, 2.75) is 19.9 Å². The summed E-state index contributed by atoms with van der Waals surface area (Å²) >= 11 is 0. The summed E-state index contributed by atoms with van der Waals surface area (Å²) in [6.45, 7) is 2.94. The van der Waals surface area contributed by atoms with Crippen molar-refractivity contribution in [3.8, 4) is 0 Å². The fraction of sp³-hybridized carbons (Fsp3) is 0.333. The number of amides is 1. The third-order valence-corrected chi connectivity index (χ3v) is 3.35. The van der Waals surface area contributed by atoms with E-state index in [0.717, 1.165) is 17.4 Å². The van der Waals surface area contributed by atoms with E-state index in [1.807, 2.05) is 6.92 Å². The summed E-state index contributed by atoms with van der Waals surface area (Å²) in [6, 6.07) is 4.66. The molecule has 1 atom stereocenters. The number of carboxylic acid groups (broad SMARTS) is 1. The molecule has 0 aliphatic heterocycles. The Hall–Kier alpha value is -1.93. The highest BCUT2D eigenvalue weighted by Crippen LogP contribution is 2.19. The lowest BCUT2D eigenvalue weighted by Gasteiger charge is -2.27. The van der Waals surface area contributed by atoms with Crippen molar-refractivity contribution in [1.29, 1.82) is 0 Å². The molecule has 0 heterocycles. The minimum atomic E-state index is -4.54. The lowest BCUT2D eigenvalue weighted by molar-refractivity contribution is -0.139. The van der Waals surface area contributed by atoms with Crippen molar-refractivity contribution in [3.05, 3.63) is 29.8 Å². The van der Waals surface area contributed by atoms with Crippen molar-refractivity contribution in [3.63, 3.8) is 0 Å². The lowest BCUT2D eigenvalue weighted by atomic mass is 10.2. The summed E-state index contributed by atoms with van der Waals surface area (Å²) in [6.07, 6.45) is 0. The van der Waals surface area contributed by atoms with E-state index >= 15 is 0 Å². The zero-order valence-electron chi connectivity index (χ0n) is 11.0. The summed E-state index contributed by atoms with van der Waals surface area (Å²) in [5, 5.41) is 9.10. The first kappa shape index (κ1) is 16.1. The molecule has 0 radical (unpaired) electrons. The summed E-state index contributed by atoms with van der Waals surface area (Å²) in [5.41, 5.74) is 1.15. The van der Waals surface area contributed by atoms with Crippen LogP contribution < -0.4 is 4.90 Å². The molecule has 8 heteroatoms. The van der Waals surface area contributed by atoms with Gasteiger partial charge in [-0.15, -0.1) is 0 Å². The highest BCUT2D eigenvalue weighted by atomic mass is 32.2. The van der Waals surface area contributed by atoms with Crippen LogP contribution in [0, 0.1) is 6.92 Å². The van der Waals surface area contributed by atoms with Gasteiger partial charge in [0.25, 0.3) is 10.1 Å². The van der Waals surface area contributed by atoms with Gasteiger partial charge in [0, 0.05) is 12.6 Å². The summed E-state index contributed by atoms with van der Waals surface area (Å²) in [5.74, 6) is -3.22. The minimum Gasteiger partial charge on any atom is -0.480 e. The van der Waals surface area contributed by atoms with E-state index in [1.165, 1.54) is 12.1 Å². The molecule has 110 valence electrons. The van der Waals surface area contributed by atoms with Crippen LogP contribution in [-0.4, -0.2) is 41.7 Å². The van der Waals surface area contributed by atoms with Crippen LogP contribution in [0.5, 0.6) is 0 Å². The van der Waals surface area contributed by atoms with E-state index in [9.17, 15) is 18.0 Å². The normalized spacial score (nSPS) is 12.8. The molecule has 0 bridgehead atoms. The van der Waals surface area contributed by atoms with Gasteiger partial charge in [0.1, 0.15) is 5.75 Å². The molecule has 0 saturated heterocycles. The smallest absolute Gasteiger partial charge is 0.327 e. The molecule has 7 nitrogen and oxygen atoms in total. The molecule has 1 aromatic rings. The second kappa shape index (κ2) is 6.02. The average molecular weight is 301 g/mol. The molecule has 1 rings (SSSR count). The Balaban J connectivity index is 3.25. The van der Waals surface area contributed by atoms with Crippen LogP contribution in [-0.2, 0) is 19.7 Å². The summed E-state index contributed by atoms with van der Waals surface area (Å²) in [7, 11) is -4.54. The fourth-order valence-corrected chi connectivity index (χ4v) is 2.43. The van der Waals surface area contributed by atoms with E-state index in [-0.39, 0.29) is 5.69 Å². The van der Waals surface area contributed by atoms with Crippen molar-refractivity contribution < 1.29 is 27.7 Å². The van der Waals surface area contributed by atoms with Gasteiger partial charge in [0.15, 0.2) is 6.04 Å². The van der Waals surface area contributed by atoms with Gasteiger partial charge in [0.2, 0.25) is 5.91 Å². The summed E-state index contributed by atoms with van der Waals surface area (Å²) in [4.78, 5) is 23.7. The zero-order valence-corrected chi connectivity index (χ0v) is 11.8. The molecule has 0 spiro atoms. The van der Waals surface area contributed by atoms with Gasteiger partial charge in [-0.2, -0.15) is 8.42 Å².